The van der Waals surface area contributed by atoms with Gasteiger partial charge >= 0.3 is 0 Å². The molecule has 0 unspecified atom stereocenters. The van der Waals surface area contributed by atoms with E-state index in [4.69, 9.17) is 0 Å². The summed E-state index contributed by atoms with van der Waals surface area (Å²) in [6.07, 6.45) is 1.73. The van der Waals surface area contributed by atoms with Crippen molar-refractivity contribution in [3.63, 3.8) is 0 Å². The number of rotatable bonds is 6. The first-order chi connectivity index (χ1) is 11.1. The van der Waals surface area contributed by atoms with Gasteiger partial charge in [-0.3, -0.25) is 0 Å². The summed E-state index contributed by atoms with van der Waals surface area (Å²) in [4.78, 5) is 4.39. The van der Waals surface area contributed by atoms with Crippen molar-refractivity contribution >= 4 is 29.9 Å². The molecule has 2 aromatic rings. The number of halogens is 2. The van der Waals surface area contributed by atoms with Gasteiger partial charge in [0.15, 0.2) is 11.8 Å². The number of benzene rings is 1. The van der Waals surface area contributed by atoms with Crippen LogP contribution >= 0.6 is 24.0 Å². The quantitative estimate of drug-likeness (QED) is 0.311. The predicted octanol–water partition coefficient (Wildman–Crippen LogP) is 2.30. The van der Waals surface area contributed by atoms with Gasteiger partial charge in [0.1, 0.15) is 11.6 Å². The van der Waals surface area contributed by atoms with Gasteiger partial charge in [0, 0.05) is 19.2 Å². The van der Waals surface area contributed by atoms with Crippen LogP contribution in [0.2, 0.25) is 0 Å². The van der Waals surface area contributed by atoms with Crippen molar-refractivity contribution in [3.05, 3.63) is 59.9 Å². The summed E-state index contributed by atoms with van der Waals surface area (Å²) < 4.78 is 15.5. The maximum absolute atomic E-state index is 13.7. The Morgan fingerprint density at radius 3 is 2.71 bits per heavy atom. The van der Waals surface area contributed by atoms with E-state index in [1.54, 1.807) is 24.3 Å². The minimum absolute atomic E-state index is 0. The second kappa shape index (κ2) is 10.0. The largest absolute Gasteiger partial charge is 0.353 e. The lowest BCUT2D eigenvalue weighted by Gasteiger charge is -2.11. The van der Waals surface area contributed by atoms with E-state index in [0.29, 0.717) is 24.6 Å². The monoisotopic (exact) mass is 444 g/mol. The summed E-state index contributed by atoms with van der Waals surface area (Å²) in [6.45, 7) is 6.83. The maximum atomic E-state index is 13.7. The molecule has 0 fully saturated rings. The molecule has 0 aliphatic heterocycles. The lowest BCUT2D eigenvalue weighted by molar-refractivity contribution is 0.610. The average Bonchev–Trinajstić information content (AvgIpc) is 2.87. The Bertz CT molecular complexity index is 698. The number of guanidine groups is 1. The molecule has 0 saturated carbocycles. The van der Waals surface area contributed by atoms with Crippen LogP contribution in [0.4, 0.5) is 4.39 Å². The van der Waals surface area contributed by atoms with E-state index in [9.17, 15) is 4.39 Å². The maximum Gasteiger partial charge on any atom is 0.192 e. The van der Waals surface area contributed by atoms with Crippen molar-refractivity contribution in [1.82, 2.24) is 25.4 Å². The third-order valence-electron chi connectivity index (χ3n) is 3.38. The van der Waals surface area contributed by atoms with Crippen LogP contribution in [0, 0.1) is 12.7 Å². The normalized spacial score (nSPS) is 10.9. The molecule has 0 aliphatic carbocycles. The average molecular weight is 444 g/mol. The lowest BCUT2D eigenvalue weighted by atomic mass is 10.2. The predicted molar refractivity (Wildman–Crippen MR) is 104 cm³/mol. The molecule has 1 heterocycles. The fourth-order valence-corrected chi connectivity index (χ4v) is 1.90. The van der Waals surface area contributed by atoms with Crippen molar-refractivity contribution in [2.45, 2.75) is 20.0 Å². The summed E-state index contributed by atoms with van der Waals surface area (Å²) in [6, 6.07) is 6.60. The Hall–Kier alpha value is -1.97. The summed E-state index contributed by atoms with van der Waals surface area (Å²) in [7, 11) is 1.90. The Balaban J connectivity index is 0.00000288. The van der Waals surface area contributed by atoms with E-state index in [0.717, 1.165) is 11.6 Å². The third-order valence-corrected chi connectivity index (χ3v) is 3.38. The molecule has 2 N–H and O–H groups in total. The van der Waals surface area contributed by atoms with Crippen molar-refractivity contribution < 1.29 is 4.39 Å². The van der Waals surface area contributed by atoms with E-state index in [1.807, 2.05) is 18.5 Å². The first-order valence-electron chi connectivity index (χ1n) is 7.33. The molecule has 0 atom stereocenters. The highest BCUT2D eigenvalue weighted by Crippen LogP contribution is 2.07. The minimum atomic E-state index is -0.261. The second-order valence-corrected chi connectivity index (χ2v) is 5.00. The molecule has 0 spiro atoms. The Morgan fingerprint density at radius 2 is 2.08 bits per heavy atom. The molecule has 0 radical (unpaired) electrons. The minimum Gasteiger partial charge on any atom is -0.353 e. The van der Waals surface area contributed by atoms with Gasteiger partial charge in [0.25, 0.3) is 0 Å². The summed E-state index contributed by atoms with van der Waals surface area (Å²) >= 11 is 0. The van der Waals surface area contributed by atoms with Gasteiger partial charge in [0.05, 0.1) is 13.1 Å². The van der Waals surface area contributed by atoms with Crippen LogP contribution in [0.5, 0.6) is 0 Å². The number of nitrogens with one attached hydrogen (secondary N) is 2. The van der Waals surface area contributed by atoms with Gasteiger partial charge in [-0.15, -0.1) is 40.8 Å². The molecule has 24 heavy (non-hydrogen) atoms. The van der Waals surface area contributed by atoms with Crippen LogP contribution in [-0.4, -0.2) is 27.3 Å². The Morgan fingerprint density at radius 1 is 1.33 bits per heavy atom. The van der Waals surface area contributed by atoms with E-state index in [2.05, 4.69) is 32.4 Å². The third kappa shape index (κ3) is 5.59. The number of aromatic nitrogens is 3. The number of hydrogen-bond donors (Lipinski definition) is 2. The zero-order chi connectivity index (χ0) is 16.7. The van der Waals surface area contributed by atoms with Crippen LogP contribution < -0.4 is 10.6 Å². The summed E-state index contributed by atoms with van der Waals surface area (Å²) in [5, 5.41) is 14.4. The van der Waals surface area contributed by atoms with E-state index >= 15 is 0 Å². The lowest BCUT2D eigenvalue weighted by Crippen LogP contribution is -2.37. The van der Waals surface area contributed by atoms with Gasteiger partial charge in [-0.25, -0.2) is 9.38 Å². The molecule has 1 aromatic heterocycles. The molecule has 0 bridgehead atoms. The van der Waals surface area contributed by atoms with Crippen molar-refractivity contribution in [2.24, 2.45) is 12.0 Å². The van der Waals surface area contributed by atoms with Crippen LogP contribution in [0.25, 0.3) is 0 Å². The zero-order valence-electron chi connectivity index (χ0n) is 13.8. The zero-order valence-corrected chi connectivity index (χ0v) is 16.1. The first kappa shape index (κ1) is 20.1. The van der Waals surface area contributed by atoms with Gasteiger partial charge in [0.2, 0.25) is 0 Å². The highest BCUT2D eigenvalue weighted by atomic mass is 127. The molecule has 0 saturated heterocycles. The topological polar surface area (TPSA) is 67.1 Å². The van der Waals surface area contributed by atoms with Gasteiger partial charge < -0.3 is 15.2 Å². The molecule has 8 heteroatoms. The molecule has 6 nitrogen and oxygen atoms in total. The Labute approximate surface area is 158 Å². The number of nitrogens with zero attached hydrogens (tertiary/aromatic N) is 4. The fraction of sp³-hybridized carbons (Fsp3) is 0.312. The molecular weight excluding hydrogens is 422 g/mol. The van der Waals surface area contributed by atoms with E-state index in [1.165, 1.54) is 6.07 Å². The fourth-order valence-electron chi connectivity index (χ4n) is 1.90. The molecule has 1 aromatic carbocycles. The molecule has 130 valence electrons. The molecule has 0 aliphatic rings. The SMILES string of the molecule is C=CCNC(=NCc1ccccc1F)NCc1nnc(C)n1C.I. The Kier molecular flexibility index (Phi) is 8.37. The number of hydrogen-bond acceptors (Lipinski definition) is 3. The van der Waals surface area contributed by atoms with E-state index < -0.39 is 0 Å². The van der Waals surface area contributed by atoms with Crippen LogP contribution in [-0.2, 0) is 20.1 Å². The number of aliphatic imine (C=N–C) groups is 1. The first-order valence-corrected chi connectivity index (χ1v) is 7.33. The van der Waals surface area contributed by atoms with E-state index in [-0.39, 0.29) is 36.3 Å². The summed E-state index contributed by atoms with van der Waals surface area (Å²) in [5.74, 6) is 1.93. The van der Waals surface area contributed by atoms with Gasteiger partial charge in [-0.1, -0.05) is 24.3 Å². The second-order valence-electron chi connectivity index (χ2n) is 5.00. The van der Waals surface area contributed by atoms with Crippen molar-refractivity contribution in [3.8, 4) is 0 Å². The summed E-state index contributed by atoms with van der Waals surface area (Å²) in [5.41, 5.74) is 0.543. The van der Waals surface area contributed by atoms with Crippen LogP contribution in [0.1, 0.15) is 17.2 Å². The molecule has 0 amide bonds. The number of aryl methyl sites for hydroxylation is 1. The van der Waals surface area contributed by atoms with Gasteiger partial charge in [-0.2, -0.15) is 0 Å². The molecular formula is C16H22FIN6. The highest BCUT2D eigenvalue weighted by molar-refractivity contribution is 14.0. The highest BCUT2D eigenvalue weighted by Gasteiger charge is 2.06. The van der Waals surface area contributed by atoms with Crippen molar-refractivity contribution in [2.75, 3.05) is 6.54 Å². The standard InChI is InChI=1S/C16H21FN6.HI/c1-4-9-18-16(19-10-13-7-5-6-8-14(13)17)20-11-15-22-21-12(2)23(15)3;/h4-8H,1,9-11H2,2-3H3,(H2,18,19,20);1H. The van der Waals surface area contributed by atoms with Crippen LogP contribution in [0.15, 0.2) is 41.9 Å². The molecule has 2 rings (SSSR count). The smallest absolute Gasteiger partial charge is 0.192 e. The van der Waals surface area contributed by atoms with Crippen LogP contribution in [0.3, 0.4) is 0 Å². The van der Waals surface area contributed by atoms with Crippen molar-refractivity contribution in [1.29, 1.82) is 0 Å². The van der Waals surface area contributed by atoms with Gasteiger partial charge in [-0.05, 0) is 13.0 Å².